The van der Waals surface area contributed by atoms with Crippen LogP contribution in [-0.4, -0.2) is 23.5 Å². The molecule has 1 amide bonds. The molecule has 1 aromatic carbocycles. The summed E-state index contributed by atoms with van der Waals surface area (Å²) in [5.41, 5.74) is 6.64. The maximum atomic E-state index is 12.4. The molecule has 134 valence electrons. The zero-order valence-corrected chi connectivity index (χ0v) is 15.4. The van der Waals surface area contributed by atoms with Crippen LogP contribution in [0.2, 0.25) is 0 Å². The maximum absolute atomic E-state index is 12.4. The molecule has 4 heteroatoms. The number of nitrogens with one attached hydrogen (secondary N) is 2. The van der Waals surface area contributed by atoms with E-state index in [4.69, 9.17) is 5.73 Å². The maximum Gasteiger partial charge on any atom is 0.239 e. The molecule has 0 radical (unpaired) electrons. The standard InChI is InChI=1S/C20H33N3O/c1-4-12-19(3,21)18(24)22-15-20(13-8-9-14-20)23-16(2)17-10-6-5-7-11-17/h5-7,10-11,16,23H,4,8-9,12-15,21H2,1-3H3,(H,22,24). The molecule has 1 saturated carbocycles. The van der Waals surface area contributed by atoms with E-state index < -0.39 is 5.54 Å². The Bertz CT molecular complexity index is 521. The number of carbonyl (C=O) groups is 1. The normalized spacial score (nSPS) is 20.3. The van der Waals surface area contributed by atoms with Gasteiger partial charge in [0.05, 0.1) is 5.54 Å². The van der Waals surface area contributed by atoms with Crippen molar-refractivity contribution < 1.29 is 4.79 Å². The Kier molecular flexibility index (Phi) is 6.41. The number of nitrogens with two attached hydrogens (primary N) is 1. The van der Waals surface area contributed by atoms with E-state index in [0.29, 0.717) is 13.0 Å². The van der Waals surface area contributed by atoms with Crippen LogP contribution < -0.4 is 16.4 Å². The minimum Gasteiger partial charge on any atom is -0.353 e. The molecule has 0 spiro atoms. The molecule has 1 fully saturated rings. The number of hydrogen-bond acceptors (Lipinski definition) is 3. The van der Waals surface area contributed by atoms with Crippen molar-refractivity contribution in [3.8, 4) is 0 Å². The number of hydrogen-bond donors (Lipinski definition) is 3. The van der Waals surface area contributed by atoms with Gasteiger partial charge in [-0.2, -0.15) is 0 Å². The quantitative estimate of drug-likeness (QED) is 0.685. The van der Waals surface area contributed by atoms with E-state index in [1.807, 2.05) is 13.0 Å². The average Bonchev–Trinajstić information content (AvgIpc) is 3.02. The Balaban J connectivity index is 1.99. The molecule has 2 rings (SSSR count). The van der Waals surface area contributed by atoms with E-state index >= 15 is 0 Å². The summed E-state index contributed by atoms with van der Waals surface area (Å²) in [6.45, 7) is 6.73. The Morgan fingerprint density at radius 1 is 1.29 bits per heavy atom. The zero-order chi connectivity index (χ0) is 17.6. The fourth-order valence-corrected chi connectivity index (χ4v) is 3.79. The highest BCUT2D eigenvalue weighted by Crippen LogP contribution is 2.32. The second kappa shape index (κ2) is 8.13. The molecule has 0 heterocycles. The van der Waals surface area contributed by atoms with Gasteiger partial charge in [-0.15, -0.1) is 0 Å². The first-order chi connectivity index (χ1) is 11.4. The Morgan fingerprint density at radius 3 is 2.50 bits per heavy atom. The van der Waals surface area contributed by atoms with Crippen LogP contribution in [0.1, 0.15) is 70.9 Å². The van der Waals surface area contributed by atoms with Crippen molar-refractivity contribution in [2.75, 3.05) is 6.54 Å². The van der Waals surface area contributed by atoms with Crippen molar-refractivity contribution in [3.05, 3.63) is 35.9 Å². The minimum atomic E-state index is -0.778. The van der Waals surface area contributed by atoms with Crippen molar-refractivity contribution >= 4 is 5.91 Å². The van der Waals surface area contributed by atoms with Gasteiger partial charge < -0.3 is 16.4 Å². The van der Waals surface area contributed by atoms with Crippen LogP contribution in [0.15, 0.2) is 30.3 Å². The monoisotopic (exact) mass is 331 g/mol. The molecule has 0 saturated heterocycles. The third kappa shape index (κ3) is 4.81. The summed E-state index contributed by atoms with van der Waals surface area (Å²) in [6, 6.07) is 10.7. The van der Waals surface area contributed by atoms with Crippen LogP contribution in [0, 0.1) is 0 Å². The van der Waals surface area contributed by atoms with Gasteiger partial charge in [-0.05, 0) is 38.7 Å². The second-order valence-electron chi connectivity index (χ2n) is 7.61. The molecule has 1 aliphatic rings. The van der Waals surface area contributed by atoms with Gasteiger partial charge >= 0.3 is 0 Å². The molecule has 24 heavy (non-hydrogen) atoms. The van der Waals surface area contributed by atoms with Gasteiger partial charge in [-0.3, -0.25) is 4.79 Å². The molecule has 1 aromatic rings. The Morgan fingerprint density at radius 2 is 1.92 bits per heavy atom. The molecule has 2 atom stereocenters. The summed E-state index contributed by atoms with van der Waals surface area (Å²) in [4.78, 5) is 12.4. The van der Waals surface area contributed by atoms with Gasteiger partial charge in [0.2, 0.25) is 5.91 Å². The summed E-state index contributed by atoms with van der Waals surface area (Å²) in [5, 5.41) is 6.91. The van der Waals surface area contributed by atoms with Crippen molar-refractivity contribution in [1.82, 2.24) is 10.6 Å². The fourth-order valence-electron chi connectivity index (χ4n) is 3.79. The molecule has 1 aliphatic carbocycles. The van der Waals surface area contributed by atoms with Crippen LogP contribution in [0.3, 0.4) is 0 Å². The Hall–Kier alpha value is -1.39. The Labute approximate surface area is 146 Å². The van der Waals surface area contributed by atoms with Crippen LogP contribution in [0.25, 0.3) is 0 Å². The SMILES string of the molecule is CCCC(C)(N)C(=O)NCC1(NC(C)c2ccccc2)CCCC1. The molecule has 0 aliphatic heterocycles. The number of carbonyl (C=O) groups excluding carboxylic acids is 1. The lowest BCUT2D eigenvalue weighted by molar-refractivity contribution is -0.126. The predicted octanol–water partition coefficient (Wildman–Crippen LogP) is 3.28. The third-order valence-electron chi connectivity index (χ3n) is 5.26. The summed E-state index contributed by atoms with van der Waals surface area (Å²) in [7, 11) is 0. The average molecular weight is 332 g/mol. The first-order valence-corrected chi connectivity index (χ1v) is 9.28. The third-order valence-corrected chi connectivity index (χ3v) is 5.26. The van der Waals surface area contributed by atoms with Crippen molar-refractivity contribution in [2.24, 2.45) is 5.73 Å². The second-order valence-corrected chi connectivity index (χ2v) is 7.61. The molecule has 0 bridgehead atoms. The first kappa shape index (κ1) is 18.9. The van der Waals surface area contributed by atoms with Crippen molar-refractivity contribution in [1.29, 1.82) is 0 Å². The summed E-state index contributed by atoms with van der Waals surface area (Å²) < 4.78 is 0. The summed E-state index contributed by atoms with van der Waals surface area (Å²) in [6.07, 6.45) is 6.23. The van der Waals surface area contributed by atoms with E-state index in [2.05, 4.69) is 48.7 Å². The van der Waals surface area contributed by atoms with Crippen LogP contribution in [0.4, 0.5) is 0 Å². The van der Waals surface area contributed by atoms with E-state index in [9.17, 15) is 4.79 Å². The number of benzene rings is 1. The number of rotatable bonds is 8. The summed E-state index contributed by atoms with van der Waals surface area (Å²) >= 11 is 0. The highest BCUT2D eigenvalue weighted by Gasteiger charge is 2.37. The highest BCUT2D eigenvalue weighted by atomic mass is 16.2. The van der Waals surface area contributed by atoms with E-state index in [1.54, 1.807) is 0 Å². The van der Waals surface area contributed by atoms with Crippen LogP contribution in [0.5, 0.6) is 0 Å². The van der Waals surface area contributed by atoms with Gasteiger partial charge in [0.15, 0.2) is 0 Å². The van der Waals surface area contributed by atoms with Crippen molar-refractivity contribution in [3.63, 3.8) is 0 Å². The highest BCUT2D eigenvalue weighted by molar-refractivity contribution is 5.85. The minimum absolute atomic E-state index is 0.0206. The van der Waals surface area contributed by atoms with Gasteiger partial charge in [0.1, 0.15) is 0 Å². The lowest BCUT2D eigenvalue weighted by Gasteiger charge is -2.35. The molecular weight excluding hydrogens is 298 g/mol. The molecule has 4 N–H and O–H groups in total. The van der Waals surface area contributed by atoms with Crippen LogP contribution in [-0.2, 0) is 4.79 Å². The molecule has 4 nitrogen and oxygen atoms in total. The van der Waals surface area contributed by atoms with E-state index in [0.717, 1.165) is 19.3 Å². The molecule has 2 unspecified atom stereocenters. The van der Waals surface area contributed by atoms with Gasteiger partial charge in [-0.1, -0.05) is 56.5 Å². The van der Waals surface area contributed by atoms with E-state index in [1.165, 1.54) is 18.4 Å². The van der Waals surface area contributed by atoms with Crippen LogP contribution >= 0.6 is 0 Å². The van der Waals surface area contributed by atoms with Crippen molar-refractivity contribution in [2.45, 2.75) is 76.4 Å². The number of amides is 1. The molecule has 0 aromatic heterocycles. The lowest BCUT2D eigenvalue weighted by atomic mass is 9.92. The predicted molar refractivity (Wildman–Crippen MR) is 99.7 cm³/mol. The van der Waals surface area contributed by atoms with E-state index in [-0.39, 0.29) is 17.5 Å². The lowest BCUT2D eigenvalue weighted by Crippen LogP contribution is -2.58. The van der Waals surface area contributed by atoms with Gasteiger partial charge in [-0.25, -0.2) is 0 Å². The van der Waals surface area contributed by atoms with Gasteiger partial charge in [0.25, 0.3) is 0 Å². The fraction of sp³-hybridized carbons (Fsp3) is 0.650. The topological polar surface area (TPSA) is 67.2 Å². The zero-order valence-electron chi connectivity index (χ0n) is 15.4. The largest absolute Gasteiger partial charge is 0.353 e. The first-order valence-electron chi connectivity index (χ1n) is 9.28. The smallest absolute Gasteiger partial charge is 0.239 e. The van der Waals surface area contributed by atoms with Gasteiger partial charge in [0, 0.05) is 18.1 Å². The summed E-state index contributed by atoms with van der Waals surface area (Å²) in [5.74, 6) is -0.0372. The molecular formula is C20H33N3O.